The topological polar surface area (TPSA) is 40.0 Å². The predicted octanol–water partition coefficient (Wildman–Crippen LogP) is -0.392. The summed E-state index contributed by atoms with van der Waals surface area (Å²) in [5, 5.41) is 0. The molecule has 0 aromatic heterocycles. The fraction of sp³-hybridized carbons (Fsp3) is 0.125. The first-order valence-electron chi connectivity index (χ1n) is 3.33. The van der Waals surface area contributed by atoms with Crippen LogP contribution in [-0.4, -0.2) is 6.21 Å². The lowest BCUT2D eigenvalue weighted by atomic mass is 10.1. The highest BCUT2D eigenvalue weighted by atomic mass is 14.8. The highest BCUT2D eigenvalue weighted by Crippen LogP contribution is 2.15. The number of benzene rings is 1. The molecule has 0 aliphatic carbocycles. The van der Waals surface area contributed by atoms with Gasteiger partial charge in [-0.2, -0.15) is 0 Å². The third-order valence-electron chi connectivity index (χ3n) is 1.71. The van der Waals surface area contributed by atoms with Crippen LogP contribution >= 0.6 is 0 Å². The Balaban J connectivity index is 2.60. The second kappa shape index (κ2) is 1.84. The predicted molar refractivity (Wildman–Crippen MR) is 41.2 cm³/mol. The normalized spacial score (nSPS) is 13.6. The molecule has 0 amide bonds. The Kier molecular flexibility index (Phi) is 1.01. The maximum absolute atomic E-state index is 5.58. The minimum atomic E-state index is 0.821. The van der Waals surface area contributed by atoms with Crippen LogP contribution in [0.25, 0.3) is 0 Å². The molecule has 1 aromatic carbocycles. The lowest BCUT2D eigenvalue weighted by Gasteiger charge is -1.91. The zero-order valence-electron chi connectivity index (χ0n) is 5.59. The molecule has 0 saturated heterocycles. The largest absolute Gasteiger partial charge is 0.399 e. The van der Waals surface area contributed by atoms with Crippen LogP contribution in [0.1, 0.15) is 5.56 Å². The van der Waals surface area contributed by atoms with Gasteiger partial charge in [0.25, 0.3) is 0 Å². The summed E-state index contributed by atoms with van der Waals surface area (Å²) in [5.41, 5.74) is 8.88. The Morgan fingerprint density at radius 2 is 2.30 bits per heavy atom. The quantitative estimate of drug-likeness (QED) is 0.465. The summed E-state index contributed by atoms with van der Waals surface area (Å²) >= 11 is 0. The number of anilines is 1. The van der Waals surface area contributed by atoms with E-state index < -0.39 is 0 Å². The Hall–Kier alpha value is -1.31. The number of nitrogens with two attached hydrogens (primary N) is 1. The first kappa shape index (κ1) is 5.47. The van der Waals surface area contributed by atoms with Gasteiger partial charge in [-0.3, -0.25) is 0 Å². The molecule has 50 valence electrons. The smallest absolute Gasteiger partial charge is 0.209 e. The van der Waals surface area contributed by atoms with Crippen molar-refractivity contribution in [3.63, 3.8) is 0 Å². The van der Waals surface area contributed by atoms with Crippen molar-refractivity contribution in [1.82, 2.24) is 0 Å². The zero-order chi connectivity index (χ0) is 6.97. The molecule has 0 saturated carbocycles. The fourth-order valence-corrected chi connectivity index (χ4v) is 1.18. The molecule has 2 rings (SSSR count). The first-order valence-corrected chi connectivity index (χ1v) is 3.33. The van der Waals surface area contributed by atoms with Gasteiger partial charge in [0.2, 0.25) is 5.69 Å². The van der Waals surface area contributed by atoms with Crippen LogP contribution in [0, 0.1) is 0 Å². The van der Waals surface area contributed by atoms with Crippen LogP contribution in [-0.2, 0) is 6.42 Å². The van der Waals surface area contributed by atoms with Gasteiger partial charge >= 0.3 is 0 Å². The Morgan fingerprint density at radius 1 is 1.40 bits per heavy atom. The third-order valence-corrected chi connectivity index (χ3v) is 1.71. The second-order valence-corrected chi connectivity index (χ2v) is 2.47. The molecule has 2 nitrogen and oxygen atoms in total. The number of rotatable bonds is 0. The number of nitrogens with one attached hydrogen (secondary N) is 1. The average Bonchev–Trinajstić information content (AvgIpc) is 2.33. The Labute approximate surface area is 59.4 Å². The molecule has 0 unspecified atom stereocenters. The molecule has 0 atom stereocenters. The third kappa shape index (κ3) is 0.692. The van der Waals surface area contributed by atoms with Crippen LogP contribution in [0.4, 0.5) is 11.4 Å². The van der Waals surface area contributed by atoms with E-state index in [1.807, 2.05) is 18.3 Å². The van der Waals surface area contributed by atoms with Crippen molar-refractivity contribution in [2.24, 2.45) is 0 Å². The minimum absolute atomic E-state index is 0.821. The first-order chi connectivity index (χ1) is 4.86. The summed E-state index contributed by atoms with van der Waals surface area (Å²) in [6.45, 7) is 0. The minimum Gasteiger partial charge on any atom is -0.399 e. The van der Waals surface area contributed by atoms with Gasteiger partial charge in [-0.1, -0.05) is 0 Å². The van der Waals surface area contributed by atoms with Gasteiger partial charge < -0.3 is 5.73 Å². The van der Waals surface area contributed by atoms with Crippen molar-refractivity contribution >= 4 is 17.6 Å². The van der Waals surface area contributed by atoms with E-state index in [0.29, 0.717) is 0 Å². The van der Waals surface area contributed by atoms with Gasteiger partial charge in [-0.05, 0) is 12.1 Å². The molecule has 0 fully saturated rings. The number of hydrogen-bond donors (Lipinski definition) is 2. The maximum atomic E-state index is 5.58. The lowest BCUT2D eigenvalue weighted by molar-refractivity contribution is -0.343. The molecule has 0 bridgehead atoms. The monoisotopic (exact) mass is 133 g/mol. The summed E-state index contributed by atoms with van der Waals surface area (Å²) in [6.07, 6.45) is 3.04. The summed E-state index contributed by atoms with van der Waals surface area (Å²) in [7, 11) is 0. The molecule has 0 spiro atoms. The molecule has 1 heterocycles. The number of hydrogen-bond acceptors (Lipinski definition) is 1. The summed E-state index contributed by atoms with van der Waals surface area (Å²) in [5.74, 6) is 0. The fourth-order valence-electron chi connectivity index (χ4n) is 1.18. The maximum Gasteiger partial charge on any atom is 0.209 e. The van der Waals surface area contributed by atoms with E-state index in [-0.39, 0.29) is 0 Å². The molecular formula is C8H9N2+. The highest BCUT2D eigenvalue weighted by molar-refractivity contribution is 5.67. The molecule has 2 heteroatoms. The van der Waals surface area contributed by atoms with Gasteiger partial charge in [0, 0.05) is 17.3 Å². The van der Waals surface area contributed by atoms with Crippen LogP contribution in [0.5, 0.6) is 0 Å². The van der Waals surface area contributed by atoms with E-state index in [9.17, 15) is 0 Å². The summed E-state index contributed by atoms with van der Waals surface area (Å²) < 4.78 is 0. The van der Waals surface area contributed by atoms with E-state index in [1.165, 1.54) is 5.56 Å². The number of nitrogen functional groups attached to an aromatic ring is 1. The standard InChI is InChI=1S/C8H8N2/c9-7-2-1-6-3-4-10-8(6)5-7/h1-2,4-5H,3,9H2/p+1. The zero-order valence-corrected chi connectivity index (χ0v) is 5.59. The Morgan fingerprint density at radius 3 is 3.20 bits per heavy atom. The van der Waals surface area contributed by atoms with Gasteiger partial charge in [0.05, 0.1) is 6.42 Å². The summed E-state index contributed by atoms with van der Waals surface area (Å²) in [4.78, 5) is 3.14. The lowest BCUT2D eigenvalue weighted by Crippen LogP contribution is -2.58. The van der Waals surface area contributed by atoms with Crippen LogP contribution in [0.3, 0.4) is 0 Å². The van der Waals surface area contributed by atoms with E-state index in [4.69, 9.17) is 5.73 Å². The van der Waals surface area contributed by atoms with Crippen molar-refractivity contribution < 1.29 is 4.99 Å². The van der Waals surface area contributed by atoms with Gasteiger partial charge in [-0.25, -0.2) is 4.99 Å². The van der Waals surface area contributed by atoms with E-state index in [0.717, 1.165) is 17.8 Å². The van der Waals surface area contributed by atoms with Gasteiger partial charge in [0.15, 0.2) is 0 Å². The average molecular weight is 133 g/mol. The van der Waals surface area contributed by atoms with Gasteiger partial charge in [0.1, 0.15) is 6.21 Å². The highest BCUT2D eigenvalue weighted by Gasteiger charge is 2.11. The van der Waals surface area contributed by atoms with Crippen molar-refractivity contribution in [3.8, 4) is 0 Å². The van der Waals surface area contributed by atoms with E-state index in [2.05, 4.69) is 11.1 Å². The Bertz CT molecular complexity index is 289. The van der Waals surface area contributed by atoms with Crippen LogP contribution in [0.15, 0.2) is 18.2 Å². The molecule has 0 radical (unpaired) electrons. The van der Waals surface area contributed by atoms with Crippen molar-refractivity contribution in [1.29, 1.82) is 0 Å². The molecule has 1 aliphatic heterocycles. The van der Waals surface area contributed by atoms with E-state index >= 15 is 0 Å². The molecular weight excluding hydrogens is 124 g/mol. The van der Waals surface area contributed by atoms with Crippen molar-refractivity contribution in [2.45, 2.75) is 6.42 Å². The van der Waals surface area contributed by atoms with Crippen LogP contribution in [0.2, 0.25) is 0 Å². The molecule has 10 heavy (non-hydrogen) atoms. The number of fused-ring (bicyclic) bond motifs is 1. The second-order valence-electron chi connectivity index (χ2n) is 2.47. The molecule has 1 aromatic rings. The van der Waals surface area contributed by atoms with E-state index in [1.54, 1.807) is 0 Å². The summed E-state index contributed by atoms with van der Waals surface area (Å²) in [6, 6.07) is 5.94. The van der Waals surface area contributed by atoms with Gasteiger partial charge in [-0.15, -0.1) is 0 Å². The SMILES string of the molecule is Nc1ccc2c(c1)[NH+]=CC2. The van der Waals surface area contributed by atoms with Crippen molar-refractivity contribution in [2.75, 3.05) is 5.73 Å². The van der Waals surface area contributed by atoms with Crippen molar-refractivity contribution in [3.05, 3.63) is 23.8 Å². The molecule has 1 aliphatic rings. The van der Waals surface area contributed by atoms with Crippen LogP contribution < -0.4 is 10.7 Å². The molecule has 3 N–H and O–H groups in total.